The molecule has 0 radical (unpaired) electrons. The van der Waals surface area contributed by atoms with E-state index in [0.29, 0.717) is 6.61 Å². The summed E-state index contributed by atoms with van der Waals surface area (Å²) < 4.78 is 0. The second-order valence-electron chi connectivity index (χ2n) is 2.47. The quantitative estimate of drug-likeness (QED) is 0.546. The first-order valence-electron chi connectivity index (χ1n) is 4.83. The number of aliphatic hydroxyl groups is 2. The first-order chi connectivity index (χ1) is 7.38. The van der Waals surface area contributed by atoms with Crippen LogP contribution in [-0.4, -0.2) is 46.1 Å². The van der Waals surface area contributed by atoms with Crippen LogP contribution in [0.15, 0.2) is 0 Å². The Morgan fingerprint density at radius 1 is 0.938 bits per heavy atom. The molecule has 0 spiro atoms. The van der Waals surface area contributed by atoms with Crippen molar-refractivity contribution in [1.29, 1.82) is 0 Å². The van der Waals surface area contributed by atoms with Crippen LogP contribution in [0, 0.1) is 0 Å². The van der Waals surface area contributed by atoms with Gasteiger partial charge in [-0.05, 0) is 6.42 Å². The summed E-state index contributed by atoms with van der Waals surface area (Å²) in [6.07, 6.45) is 3.33. The molecule has 0 bridgehead atoms. The van der Waals surface area contributed by atoms with Crippen LogP contribution in [0.3, 0.4) is 0 Å². The van der Waals surface area contributed by atoms with E-state index in [0.717, 1.165) is 33.8 Å². The second kappa shape index (κ2) is 29.2. The van der Waals surface area contributed by atoms with Gasteiger partial charge in [0, 0.05) is 27.6 Å². The molecule has 0 rings (SSSR count). The molecule has 0 saturated heterocycles. The molecule has 6 nitrogen and oxygen atoms in total. The lowest BCUT2D eigenvalue weighted by molar-refractivity contribution is -0.135. The van der Waals surface area contributed by atoms with Gasteiger partial charge < -0.3 is 20.4 Å². The fourth-order valence-electron chi connectivity index (χ4n) is 0.362. The molecule has 16 heavy (non-hydrogen) atoms. The largest absolute Gasteiger partial charge is 0.481 e. The van der Waals surface area contributed by atoms with Crippen molar-refractivity contribution in [3.8, 4) is 0 Å². The Morgan fingerprint density at radius 2 is 1.19 bits per heavy atom. The van der Waals surface area contributed by atoms with Crippen LogP contribution in [0.1, 0.15) is 40.0 Å². The maximum atomic E-state index is 9.00. The lowest BCUT2D eigenvalue weighted by Gasteiger charge is -1.85. The molecule has 0 amide bonds. The first kappa shape index (κ1) is 24.2. The number of carboxylic acid groups (broad SMARTS) is 2. The van der Waals surface area contributed by atoms with Gasteiger partial charge in [0.2, 0.25) is 0 Å². The minimum absolute atomic E-state index is 0.355. The predicted molar refractivity (Wildman–Crippen MR) is 61.4 cm³/mol. The molecule has 0 heterocycles. The summed E-state index contributed by atoms with van der Waals surface area (Å²) in [5, 5.41) is 30.0. The van der Waals surface area contributed by atoms with E-state index in [1.807, 2.05) is 0 Å². The fourth-order valence-corrected chi connectivity index (χ4v) is 0.362. The van der Waals surface area contributed by atoms with Crippen LogP contribution in [0.2, 0.25) is 0 Å². The Bertz CT molecular complexity index is 111. The van der Waals surface area contributed by atoms with Crippen molar-refractivity contribution in [2.24, 2.45) is 0 Å². The summed E-state index contributed by atoms with van der Waals surface area (Å²) in [7, 11) is 1.00. The molecular weight excluding hydrogens is 216 g/mol. The number of hydrogen-bond acceptors (Lipinski definition) is 4. The van der Waals surface area contributed by atoms with Crippen LogP contribution in [-0.2, 0) is 9.59 Å². The van der Waals surface area contributed by atoms with Gasteiger partial charge in [-0.1, -0.05) is 19.8 Å². The van der Waals surface area contributed by atoms with Crippen LogP contribution >= 0.6 is 0 Å². The number of carbonyl (C=O) groups is 2. The summed E-state index contributed by atoms with van der Waals surface area (Å²) >= 11 is 0. The molecule has 0 aromatic heterocycles. The van der Waals surface area contributed by atoms with Gasteiger partial charge in [0.1, 0.15) is 0 Å². The normalized spacial score (nSPS) is 6.88. The third-order valence-corrected chi connectivity index (χ3v) is 0.762. The Hall–Kier alpha value is -1.14. The van der Waals surface area contributed by atoms with Gasteiger partial charge in [-0.2, -0.15) is 0 Å². The molecule has 0 saturated carbocycles. The average Bonchev–Trinajstić information content (AvgIpc) is 2.16. The molecule has 100 valence electrons. The summed E-state index contributed by atoms with van der Waals surface area (Å²) in [6.45, 7) is 4.64. The molecule has 0 unspecified atom stereocenters. The number of aliphatic carboxylic acids is 2. The molecular formula is C10H24O6. The number of aliphatic hydroxyl groups excluding tert-OH is 2. The number of carboxylic acids is 2. The molecule has 6 heteroatoms. The molecule has 0 aliphatic heterocycles. The lowest BCUT2D eigenvalue weighted by Crippen LogP contribution is -1.78. The second-order valence-corrected chi connectivity index (χ2v) is 2.47. The van der Waals surface area contributed by atoms with E-state index in [1.54, 1.807) is 0 Å². The van der Waals surface area contributed by atoms with Crippen molar-refractivity contribution in [1.82, 2.24) is 0 Å². The summed E-state index contributed by atoms with van der Waals surface area (Å²) in [5.41, 5.74) is 0. The van der Waals surface area contributed by atoms with Crippen LogP contribution in [0.25, 0.3) is 0 Å². The zero-order valence-corrected chi connectivity index (χ0v) is 10.4. The SMILES string of the molecule is CC(=O)O.CC(=O)O.CCCCCO.CO. The van der Waals surface area contributed by atoms with E-state index in [4.69, 9.17) is 30.0 Å². The van der Waals surface area contributed by atoms with Gasteiger partial charge in [-0.3, -0.25) is 9.59 Å². The van der Waals surface area contributed by atoms with Crippen molar-refractivity contribution in [3.63, 3.8) is 0 Å². The minimum atomic E-state index is -0.833. The maximum absolute atomic E-state index is 9.00. The molecule has 0 aliphatic carbocycles. The highest BCUT2D eigenvalue weighted by Gasteiger charge is 1.76. The van der Waals surface area contributed by atoms with E-state index in [1.165, 1.54) is 6.42 Å². The highest BCUT2D eigenvalue weighted by molar-refractivity contribution is 5.63. The zero-order chi connectivity index (χ0) is 14.0. The predicted octanol–water partition coefficient (Wildman–Crippen LogP) is 0.959. The third kappa shape index (κ3) is 523. The van der Waals surface area contributed by atoms with E-state index in [-0.39, 0.29) is 0 Å². The van der Waals surface area contributed by atoms with E-state index in [2.05, 4.69) is 6.92 Å². The highest BCUT2D eigenvalue weighted by atomic mass is 16.4. The van der Waals surface area contributed by atoms with Gasteiger partial charge in [-0.25, -0.2) is 0 Å². The van der Waals surface area contributed by atoms with Gasteiger partial charge in [0.15, 0.2) is 0 Å². The number of rotatable bonds is 3. The molecule has 0 aromatic rings. The Labute approximate surface area is 96.5 Å². The lowest BCUT2D eigenvalue weighted by atomic mass is 10.3. The zero-order valence-electron chi connectivity index (χ0n) is 10.4. The van der Waals surface area contributed by atoms with Crippen LogP contribution in [0.4, 0.5) is 0 Å². The maximum Gasteiger partial charge on any atom is 0.300 e. The van der Waals surface area contributed by atoms with Gasteiger partial charge >= 0.3 is 0 Å². The molecule has 4 N–H and O–H groups in total. The standard InChI is InChI=1S/C5H12O.2C2H4O2.CH4O/c1-2-3-4-5-6;2*1-2(3)4;1-2/h6H,2-5H2,1H3;2*1H3,(H,3,4);2H,1H3. The van der Waals surface area contributed by atoms with Crippen LogP contribution < -0.4 is 0 Å². The summed E-state index contributed by atoms with van der Waals surface area (Å²) in [5.74, 6) is -1.67. The Morgan fingerprint density at radius 3 is 1.25 bits per heavy atom. The van der Waals surface area contributed by atoms with Crippen LogP contribution in [0.5, 0.6) is 0 Å². The Kier molecular flexibility index (Phi) is 44.2. The van der Waals surface area contributed by atoms with Crippen molar-refractivity contribution in [3.05, 3.63) is 0 Å². The van der Waals surface area contributed by atoms with Crippen molar-refractivity contribution < 1.29 is 30.0 Å². The highest BCUT2D eigenvalue weighted by Crippen LogP contribution is 1.89. The van der Waals surface area contributed by atoms with Crippen molar-refractivity contribution in [2.45, 2.75) is 40.0 Å². The number of hydrogen-bond donors (Lipinski definition) is 4. The van der Waals surface area contributed by atoms with Gasteiger partial charge in [0.05, 0.1) is 0 Å². The molecule has 0 fully saturated rings. The minimum Gasteiger partial charge on any atom is -0.481 e. The first-order valence-corrected chi connectivity index (χ1v) is 4.83. The summed E-state index contributed by atoms with van der Waals surface area (Å²) in [4.78, 5) is 18.0. The van der Waals surface area contributed by atoms with Gasteiger partial charge in [-0.15, -0.1) is 0 Å². The van der Waals surface area contributed by atoms with Crippen molar-refractivity contribution in [2.75, 3.05) is 13.7 Å². The average molecular weight is 240 g/mol. The molecule has 0 aliphatic rings. The topological polar surface area (TPSA) is 115 Å². The number of unbranched alkanes of at least 4 members (excludes halogenated alkanes) is 2. The van der Waals surface area contributed by atoms with Crippen molar-refractivity contribution >= 4 is 11.9 Å². The Balaban J connectivity index is -0.0000000643. The fraction of sp³-hybridized carbons (Fsp3) is 0.800. The summed E-state index contributed by atoms with van der Waals surface area (Å²) in [6, 6.07) is 0. The molecule has 0 aromatic carbocycles. The van der Waals surface area contributed by atoms with Gasteiger partial charge in [0.25, 0.3) is 11.9 Å². The van der Waals surface area contributed by atoms with E-state index in [9.17, 15) is 0 Å². The third-order valence-electron chi connectivity index (χ3n) is 0.762. The molecule has 0 atom stereocenters. The van der Waals surface area contributed by atoms with E-state index >= 15 is 0 Å². The van der Waals surface area contributed by atoms with E-state index < -0.39 is 11.9 Å². The monoisotopic (exact) mass is 240 g/mol. The smallest absolute Gasteiger partial charge is 0.300 e.